The molecule has 0 aromatic heterocycles. The molecule has 0 saturated heterocycles. The van der Waals surface area contributed by atoms with E-state index in [-0.39, 0.29) is 22.4 Å². The van der Waals surface area contributed by atoms with Gasteiger partial charge >= 0.3 is 0 Å². The van der Waals surface area contributed by atoms with Gasteiger partial charge in [-0.1, -0.05) is 70.7 Å². The molecule has 0 bridgehead atoms. The van der Waals surface area contributed by atoms with Gasteiger partial charge in [0.25, 0.3) is 0 Å². The Balaban J connectivity index is 0.000000334. The van der Waals surface area contributed by atoms with Gasteiger partial charge in [-0.2, -0.15) is 0 Å². The van der Waals surface area contributed by atoms with Crippen molar-refractivity contribution < 1.29 is 23.7 Å². The molecule has 0 saturated carbocycles. The number of para-hydroxylation sites is 3. The number of benzene rings is 4. The first kappa shape index (κ1) is 45.1. The summed E-state index contributed by atoms with van der Waals surface area (Å²) in [6, 6.07) is 27.8. The Morgan fingerprint density at radius 3 is 1.28 bits per heavy atom. The van der Waals surface area contributed by atoms with Gasteiger partial charge in [-0.3, -0.25) is 0 Å². The quantitative estimate of drug-likeness (QED) is 0.202. The number of ether oxygens (including phenoxy) is 5. The molecule has 0 aliphatic rings. The molecule has 9 heteroatoms. The molecular formula is C41H54Cl4O5. The lowest BCUT2D eigenvalue weighted by Gasteiger charge is -2.22. The Morgan fingerprint density at radius 1 is 0.400 bits per heavy atom. The van der Waals surface area contributed by atoms with Crippen LogP contribution in [0.4, 0.5) is 0 Å². The zero-order chi connectivity index (χ0) is 38.3. The van der Waals surface area contributed by atoms with Crippen LogP contribution in [0, 0.1) is 0 Å². The second-order valence-electron chi connectivity index (χ2n) is 15.0. The van der Waals surface area contributed by atoms with Crippen molar-refractivity contribution in [2.45, 2.75) is 105 Å². The van der Waals surface area contributed by atoms with Crippen molar-refractivity contribution in [1.29, 1.82) is 0 Å². The van der Waals surface area contributed by atoms with Crippen LogP contribution in [0.1, 0.15) is 83.1 Å². The first-order chi connectivity index (χ1) is 22.9. The van der Waals surface area contributed by atoms with Gasteiger partial charge in [0.2, 0.25) is 0 Å². The molecule has 0 radical (unpaired) electrons. The molecule has 0 fully saturated rings. The average molecular weight is 769 g/mol. The van der Waals surface area contributed by atoms with Crippen molar-refractivity contribution in [3.63, 3.8) is 0 Å². The van der Waals surface area contributed by atoms with Crippen LogP contribution in [0.2, 0.25) is 20.1 Å². The maximum Gasteiger partial charge on any atom is 0.161 e. The van der Waals surface area contributed by atoms with Gasteiger partial charge in [0, 0.05) is 10.0 Å². The van der Waals surface area contributed by atoms with Crippen molar-refractivity contribution in [2.75, 3.05) is 7.11 Å². The van der Waals surface area contributed by atoms with E-state index in [9.17, 15) is 0 Å². The van der Waals surface area contributed by atoms with E-state index in [2.05, 4.69) is 0 Å². The predicted molar refractivity (Wildman–Crippen MR) is 214 cm³/mol. The summed E-state index contributed by atoms with van der Waals surface area (Å²) >= 11 is 23.4. The lowest BCUT2D eigenvalue weighted by molar-refractivity contribution is 0.125. The van der Waals surface area contributed by atoms with E-state index in [1.54, 1.807) is 25.3 Å². The normalized spacial score (nSPS) is 11.3. The highest BCUT2D eigenvalue weighted by molar-refractivity contribution is 6.37. The first-order valence-corrected chi connectivity index (χ1v) is 17.7. The lowest BCUT2D eigenvalue weighted by atomic mass is 10.2. The molecule has 0 aliphatic heterocycles. The molecule has 4 rings (SSSR count). The van der Waals surface area contributed by atoms with E-state index < -0.39 is 0 Å². The zero-order valence-corrected chi connectivity index (χ0v) is 34.7. The molecule has 0 aliphatic carbocycles. The second kappa shape index (κ2) is 20.2. The van der Waals surface area contributed by atoms with Gasteiger partial charge in [0.1, 0.15) is 33.9 Å². The SMILES string of the molecule is CC(C)(C)Oc1c(Cl)cccc1Cl.CC(C)(C)Oc1ccc(Cl)cc1.CC(C)(C)Oc1cccc(Cl)c1.COc1ccccc1OC(C)(C)C. The Morgan fingerprint density at radius 2 is 0.840 bits per heavy atom. The monoisotopic (exact) mass is 766 g/mol. The molecule has 0 heterocycles. The van der Waals surface area contributed by atoms with Crippen LogP contribution >= 0.6 is 46.4 Å². The summed E-state index contributed by atoms with van der Waals surface area (Å²) < 4.78 is 27.7. The van der Waals surface area contributed by atoms with Gasteiger partial charge in [-0.15, -0.1) is 0 Å². The summed E-state index contributed by atoms with van der Waals surface area (Å²) in [5, 5.41) is 2.53. The van der Waals surface area contributed by atoms with Crippen molar-refractivity contribution in [1.82, 2.24) is 0 Å². The molecule has 276 valence electrons. The highest BCUT2D eigenvalue weighted by Crippen LogP contribution is 2.35. The molecule has 0 atom stereocenters. The van der Waals surface area contributed by atoms with E-state index >= 15 is 0 Å². The van der Waals surface area contributed by atoms with Crippen LogP contribution in [0.3, 0.4) is 0 Å². The van der Waals surface area contributed by atoms with E-state index in [4.69, 9.17) is 70.1 Å². The minimum atomic E-state index is -0.283. The van der Waals surface area contributed by atoms with E-state index in [0.717, 1.165) is 28.0 Å². The molecule has 0 spiro atoms. The van der Waals surface area contributed by atoms with Crippen LogP contribution in [-0.2, 0) is 0 Å². The number of hydrogen-bond acceptors (Lipinski definition) is 5. The summed E-state index contributed by atoms with van der Waals surface area (Å²) in [6.45, 7) is 24.0. The number of halogens is 4. The molecular weight excluding hydrogens is 714 g/mol. The molecule has 0 unspecified atom stereocenters. The third-order valence-electron chi connectivity index (χ3n) is 5.27. The van der Waals surface area contributed by atoms with Crippen molar-refractivity contribution in [3.8, 4) is 28.7 Å². The van der Waals surface area contributed by atoms with Gasteiger partial charge < -0.3 is 23.7 Å². The van der Waals surface area contributed by atoms with Gasteiger partial charge in [0.05, 0.1) is 17.2 Å². The minimum absolute atomic E-state index is 0.145. The van der Waals surface area contributed by atoms with Gasteiger partial charge in [0.15, 0.2) is 17.2 Å². The van der Waals surface area contributed by atoms with Crippen LogP contribution in [0.15, 0.2) is 91.0 Å². The Hall–Kier alpha value is -2.96. The summed E-state index contributed by atoms with van der Waals surface area (Å²) in [5.74, 6) is 3.79. The first-order valence-electron chi connectivity index (χ1n) is 16.2. The van der Waals surface area contributed by atoms with Gasteiger partial charge in [-0.05, 0) is 150 Å². The highest BCUT2D eigenvalue weighted by atomic mass is 35.5. The van der Waals surface area contributed by atoms with Crippen molar-refractivity contribution in [2.24, 2.45) is 0 Å². The smallest absolute Gasteiger partial charge is 0.161 e. The average Bonchev–Trinajstić information content (AvgIpc) is 2.95. The largest absolute Gasteiger partial charge is 0.493 e. The maximum absolute atomic E-state index is 5.93. The molecule has 4 aromatic carbocycles. The van der Waals surface area contributed by atoms with E-state index in [1.807, 2.05) is 156 Å². The highest BCUT2D eigenvalue weighted by Gasteiger charge is 2.17. The lowest BCUT2D eigenvalue weighted by Crippen LogP contribution is -2.23. The van der Waals surface area contributed by atoms with Crippen molar-refractivity contribution in [3.05, 3.63) is 111 Å². The summed E-state index contributed by atoms with van der Waals surface area (Å²) in [5.41, 5.74) is -0.776. The molecule has 0 N–H and O–H groups in total. The fourth-order valence-electron chi connectivity index (χ4n) is 3.66. The molecule has 5 nitrogen and oxygen atoms in total. The van der Waals surface area contributed by atoms with Crippen molar-refractivity contribution >= 4 is 46.4 Å². The maximum atomic E-state index is 5.93. The Kier molecular flexibility index (Phi) is 18.2. The summed E-state index contributed by atoms with van der Waals surface area (Å²) in [4.78, 5) is 0. The van der Waals surface area contributed by atoms with Crippen LogP contribution in [0.25, 0.3) is 0 Å². The molecule has 0 amide bonds. The minimum Gasteiger partial charge on any atom is -0.493 e. The Bertz CT molecular complexity index is 1540. The molecule has 4 aromatic rings. The van der Waals surface area contributed by atoms with E-state index in [0.29, 0.717) is 20.8 Å². The van der Waals surface area contributed by atoms with Gasteiger partial charge in [-0.25, -0.2) is 0 Å². The second-order valence-corrected chi connectivity index (χ2v) is 16.7. The fraction of sp³-hybridized carbons (Fsp3) is 0.415. The van der Waals surface area contributed by atoms with E-state index in [1.165, 1.54) is 0 Å². The summed E-state index contributed by atoms with van der Waals surface area (Å²) in [7, 11) is 1.64. The number of hydrogen-bond donors (Lipinski definition) is 0. The fourth-order valence-corrected chi connectivity index (χ4v) is 4.44. The topological polar surface area (TPSA) is 46.2 Å². The van der Waals surface area contributed by atoms with Crippen LogP contribution in [0.5, 0.6) is 28.7 Å². The standard InChI is InChI=1S/C11H16O2.C10H12Cl2O.2C10H13ClO/c1-11(2,3)13-10-8-6-5-7-9(10)12-4;1-10(2,3)13-9-7(11)5-4-6-8(9)12;1-10(2,3)12-9-6-4-8(11)5-7-9;1-10(2,3)12-9-6-4-5-8(11)7-9/h5-8H,1-4H3;4-6H,1-3H3;2*4-7H,1-3H3. The number of methoxy groups -OCH3 is 1. The molecule has 50 heavy (non-hydrogen) atoms. The third kappa shape index (κ3) is 21.3. The Labute approximate surface area is 321 Å². The zero-order valence-electron chi connectivity index (χ0n) is 31.7. The van der Waals surface area contributed by atoms with Crippen LogP contribution < -0.4 is 23.7 Å². The number of rotatable bonds is 5. The van der Waals surface area contributed by atoms with Crippen LogP contribution in [-0.4, -0.2) is 29.5 Å². The summed E-state index contributed by atoms with van der Waals surface area (Å²) in [6.07, 6.45) is 0. The third-order valence-corrected chi connectivity index (χ3v) is 6.35. The predicted octanol–water partition coefficient (Wildman–Crippen LogP) is 14.1.